The van der Waals surface area contributed by atoms with Crippen LogP contribution in [0.3, 0.4) is 0 Å². The van der Waals surface area contributed by atoms with Crippen LogP contribution < -0.4 is 0 Å². The van der Waals surface area contributed by atoms with Gasteiger partial charge in [-0.25, -0.2) is 0 Å². The third-order valence-electron chi connectivity index (χ3n) is 9.51. The van der Waals surface area contributed by atoms with Crippen LogP contribution in [0, 0.1) is 34.5 Å². The molecule has 3 fully saturated rings. The number of esters is 1. The molecule has 4 aliphatic rings. The Morgan fingerprint density at radius 1 is 1.18 bits per heavy atom. The van der Waals surface area contributed by atoms with E-state index in [1.54, 1.807) is 5.57 Å². The van der Waals surface area contributed by atoms with Crippen molar-refractivity contribution in [3.05, 3.63) is 11.6 Å². The van der Waals surface area contributed by atoms with E-state index in [0.717, 1.165) is 42.9 Å². The minimum absolute atomic E-state index is 0.0248. The molecule has 3 nitrogen and oxygen atoms in total. The van der Waals surface area contributed by atoms with E-state index in [1.165, 1.54) is 44.9 Å². The molecule has 0 aromatic carbocycles. The molecular formula is C25H40O3. The molecule has 0 aromatic heterocycles. The number of allylic oxidation sites excluding steroid dienone is 1. The summed E-state index contributed by atoms with van der Waals surface area (Å²) in [4.78, 5) is 11.7. The van der Waals surface area contributed by atoms with Gasteiger partial charge in [0, 0.05) is 6.42 Å². The minimum atomic E-state index is -0.111. The van der Waals surface area contributed by atoms with Gasteiger partial charge in [0.15, 0.2) is 0 Å². The van der Waals surface area contributed by atoms with Crippen molar-refractivity contribution in [2.45, 2.75) is 97.5 Å². The molecule has 0 unspecified atom stereocenters. The maximum absolute atomic E-state index is 11.7. The fraction of sp³-hybridized carbons (Fsp3) is 0.880. The van der Waals surface area contributed by atoms with Crippen molar-refractivity contribution in [1.29, 1.82) is 0 Å². The van der Waals surface area contributed by atoms with Gasteiger partial charge < -0.3 is 9.84 Å². The lowest BCUT2D eigenvalue weighted by molar-refractivity contribution is -0.143. The fourth-order valence-corrected chi connectivity index (χ4v) is 7.95. The molecule has 0 bridgehead atoms. The summed E-state index contributed by atoms with van der Waals surface area (Å²) in [6.07, 6.45) is 14.9. The Morgan fingerprint density at radius 3 is 2.79 bits per heavy atom. The van der Waals surface area contributed by atoms with Crippen LogP contribution in [0.4, 0.5) is 0 Å². The lowest BCUT2D eigenvalue weighted by atomic mass is 9.47. The van der Waals surface area contributed by atoms with E-state index < -0.39 is 0 Å². The van der Waals surface area contributed by atoms with Crippen molar-refractivity contribution in [1.82, 2.24) is 0 Å². The summed E-state index contributed by atoms with van der Waals surface area (Å²) in [5, 5.41) is 10.2. The van der Waals surface area contributed by atoms with Crippen LogP contribution >= 0.6 is 0 Å². The first-order valence-corrected chi connectivity index (χ1v) is 11.9. The number of hydrogen-bond donors (Lipinski definition) is 1. The maximum atomic E-state index is 11.7. The van der Waals surface area contributed by atoms with Crippen LogP contribution in [0.1, 0.15) is 91.4 Å². The molecule has 0 saturated heterocycles. The number of carbonyl (C=O) groups excluding carboxylic acids is 1. The van der Waals surface area contributed by atoms with E-state index in [2.05, 4.69) is 19.9 Å². The zero-order chi connectivity index (χ0) is 19.9. The predicted molar refractivity (Wildman–Crippen MR) is 112 cm³/mol. The van der Waals surface area contributed by atoms with Gasteiger partial charge in [-0.05, 0) is 106 Å². The molecule has 4 aliphatic carbocycles. The Balaban J connectivity index is 1.44. The highest BCUT2D eigenvalue weighted by molar-refractivity contribution is 5.69. The Labute approximate surface area is 171 Å². The maximum Gasteiger partial charge on any atom is 0.305 e. The van der Waals surface area contributed by atoms with Gasteiger partial charge >= 0.3 is 5.97 Å². The first kappa shape index (κ1) is 20.4. The summed E-state index contributed by atoms with van der Waals surface area (Å²) in [7, 11) is 0. The summed E-state index contributed by atoms with van der Waals surface area (Å²) in [6.45, 7) is 7.46. The lowest BCUT2D eigenvalue weighted by Crippen LogP contribution is -2.50. The summed E-state index contributed by atoms with van der Waals surface area (Å²) >= 11 is 0. The molecule has 0 radical (unpaired) electrons. The van der Waals surface area contributed by atoms with Crippen LogP contribution in [0.15, 0.2) is 11.6 Å². The number of fused-ring (bicyclic) bond motifs is 5. The first-order chi connectivity index (χ1) is 13.4. The van der Waals surface area contributed by atoms with Crippen molar-refractivity contribution in [2.24, 2.45) is 34.5 Å². The van der Waals surface area contributed by atoms with Gasteiger partial charge in [-0.1, -0.05) is 25.5 Å². The van der Waals surface area contributed by atoms with Gasteiger partial charge in [0.2, 0.25) is 0 Å². The Kier molecular flexibility index (Phi) is 5.68. The second kappa shape index (κ2) is 7.78. The Hall–Kier alpha value is -0.830. The van der Waals surface area contributed by atoms with Crippen molar-refractivity contribution in [3.8, 4) is 0 Å². The molecule has 0 amide bonds. The molecule has 1 N–H and O–H groups in total. The van der Waals surface area contributed by atoms with Crippen LogP contribution in [-0.2, 0) is 9.53 Å². The third-order valence-corrected chi connectivity index (χ3v) is 9.51. The number of hydrogen-bond acceptors (Lipinski definition) is 3. The third kappa shape index (κ3) is 3.36. The van der Waals surface area contributed by atoms with Gasteiger partial charge in [-0.2, -0.15) is 0 Å². The molecular weight excluding hydrogens is 348 g/mol. The highest BCUT2D eigenvalue weighted by atomic mass is 16.5. The number of aliphatic hydroxyl groups is 1. The molecule has 28 heavy (non-hydrogen) atoms. The van der Waals surface area contributed by atoms with E-state index in [0.29, 0.717) is 23.9 Å². The molecule has 3 heteroatoms. The Morgan fingerprint density at radius 2 is 2.00 bits per heavy atom. The predicted octanol–water partition coefficient (Wildman–Crippen LogP) is 5.66. The van der Waals surface area contributed by atoms with Crippen molar-refractivity contribution >= 4 is 5.97 Å². The normalized spacial score (nSPS) is 44.9. The smallest absolute Gasteiger partial charge is 0.305 e. The summed E-state index contributed by atoms with van der Waals surface area (Å²) in [5.41, 5.74) is 2.37. The van der Waals surface area contributed by atoms with Gasteiger partial charge in [-0.15, -0.1) is 0 Å². The van der Waals surface area contributed by atoms with Crippen molar-refractivity contribution in [2.75, 3.05) is 6.61 Å². The standard InChI is InChI=1S/C25H40O3/c1-4-28-23(27)7-5-6-17-9-11-21-20-10-8-18-16-19(26)12-14-25(18,3)22(20)13-15-24(17,21)2/h8,17,19-22,26H,4-7,9-16H2,1-3H3/t17-,19-,20-,21-,22-,24+,25-/m0/s1. The first-order valence-electron chi connectivity index (χ1n) is 11.9. The monoisotopic (exact) mass is 388 g/mol. The average Bonchev–Trinajstić information content (AvgIpc) is 2.99. The highest BCUT2D eigenvalue weighted by Crippen LogP contribution is 2.66. The molecule has 0 aliphatic heterocycles. The zero-order valence-electron chi connectivity index (χ0n) is 18.2. The van der Waals surface area contributed by atoms with Crippen molar-refractivity contribution in [3.63, 3.8) is 0 Å². The molecule has 7 atom stereocenters. The summed E-state index contributed by atoms with van der Waals surface area (Å²) in [6, 6.07) is 0. The summed E-state index contributed by atoms with van der Waals surface area (Å²) < 4.78 is 5.11. The summed E-state index contributed by atoms with van der Waals surface area (Å²) in [5.74, 6) is 3.25. The van der Waals surface area contributed by atoms with Crippen molar-refractivity contribution < 1.29 is 14.6 Å². The topological polar surface area (TPSA) is 46.5 Å². The SMILES string of the molecule is CCOC(=O)CCC[C@H]1CC[C@H]2[C@@H]3CC=C4C[C@@H](O)CC[C@]4(C)[C@H]3CC[C@]12C. The molecule has 4 rings (SSSR count). The van der Waals surface area contributed by atoms with Crippen LogP contribution in [0.5, 0.6) is 0 Å². The van der Waals surface area contributed by atoms with Gasteiger partial charge in [0.05, 0.1) is 12.7 Å². The number of rotatable bonds is 5. The minimum Gasteiger partial charge on any atom is -0.466 e. The van der Waals surface area contributed by atoms with Gasteiger partial charge in [-0.3, -0.25) is 4.79 Å². The number of ether oxygens (including phenoxy) is 1. The molecule has 158 valence electrons. The molecule has 0 spiro atoms. The Bertz CT molecular complexity index is 625. The van der Waals surface area contributed by atoms with Crippen LogP contribution in [0.2, 0.25) is 0 Å². The molecule has 0 heterocycles. The van der Waals surface area contributed by atoms with E-state index in [9.17, 15) is 9.90 Å². The van der Waals surface area contributed by atoms with E-state index in [1.807, 2.05) is 6.92 Å². The average molecular weight is 389 g/mol. The van der Waals surface area contributed by atoms with Crippen LogP contribution in [-0.4, -0.2) is 23.8 Å². The van der Waals surface area contributed by atoms with Crippen LogP contribution in [0.25, 0.3) is 0 Å². The quantitative estimate of drug-likeness (QED) is 0.488. The van der Waals surface area contributed by atoms with Gasteiger partial charge in [0.25, 0.3) is 0 Å². The zero-order valence-corrected chi connectivity index (χ0v) is 18.2. The largest absolute Gasteiger partial charge is 0.466 e. The second-order valence-corrected chi connectivity index (χ2v) is 10.7. The fourth-order valence-electron chi connectivity index (χ4n) is 7.95. The van der Waals surface area contributed by atoms with E-state index >= 15 is 0 Å². The van der Waals surface area contributed by atoms with E-state index in [-0.39, 0.29) is 12.1 Å². The molecule has 3 saturated carbocycles. The van der Waals surface area contributed by atoms with Gasteiger partial charge in [0.1, 0.15) is 0 Å². The highest BCUT2D eigenvalue weighted by Gasteiger charge is 2.58. The van der Waals surface area contributed by atoms with E-state index in [4.69, 9.17) is 4.74 Å². The number of carbonyl (C=O) groups is 1. The molecule has 0 aromatic rings. The lowest BCUT2D eigenvalue weighted by Gasteiger charge is -2.58. The number of aliphatic hydroxyl groups excluding tert-OH is 1. The second-order valence-electron chi connectivity index (χ2n) is 10.7.